The van der Waals surface area contributed by atoms with Crippen LogP contribution in [-0.4, -0.2) is 20.5 Å². The molecule has 2 rings (SSSR count). The van der Waals surface area contributed by atoms with Crippen LogP contribution < -0.4 is 0 Å². The summed E-state index contributed by atoms with van der Waals surface area (Å²) in [4.78, 5) is 12.3. The lowest BCUT2D eigenvalue weighted by atomic mass is 10.0. The van der Waals surface area contributed by atoms with Crippen LogP contribution >= 0.6 is 15.9 Å². The van der Waals surface area contributed by atoms with E-state index in [0.29, 0.717) is 11.1 Å². The molecular formula is C15H12BrFO3S. The molecule has 6 heteroatoms. The molecule has 0 saturated heterocycles. The molecule has 0 N–H and O–H groups in total. The molecule has 0 fully saturated rings. The topological polar surface area (TPSA) is 51.2 Å². The lowest BCUT2D eigenvalue weighted by Crippen LogP contribution is -2.06. The van der Waals surface area contributed by atoms with Gasteiger partial charge in [0.2, 0.25) is 0 Å². The maximum absolute atomic E-state index is 13.1. The summed E-state index contributed by atoms with van der Waals surface area (Å²) in [6, 6.07) is 10.2. The minimum Gasteiger partial charge on any atom is -0.294 e. The molecule has 0 heterocycles. The quantitative estimate of drug-likeness (QED) is 0.774. The molecule has 3 nitrogen and oxygen atoms in total. The number of carbonyl (C=O) groups is 1. The zero-order chi connectivity index (χ0) is 15.6. The van der Waals surface area contributed by atoms with Crippen LogP contribution in [-0.2, 0) is 16.3 Å². The molecule has 2 aromatic rings. The number of sulfone groups is 1. The molecule has 0 spiro atoms. The smallest absolute Gasteiger partial charge is 0.175 e. The van der Waals surface area contributed by atoms with Gasteiger partial charge in [-0.2, -0.15) is 0 Å². The molecule has 21 heavy (non-hydrogen) atoms. The largest absolute Gasteiger partial charge is 0.294 e. The maximum Gasteiger partial charge on any atom is 0.175 e. The van der Waals surface area contributed by atoms with E-state index in [1.165, 1.54) is 36.4 Å². The lowest BCUT2D eigenvalue weighted by molar-refractivity contribution is 0.0992. The van der Waals surface area contributed by atoms with Crippen LogP contribution in [0.1, 0.15) is 15.9 Å². The number of hydrogen-bond donors (Lipinski definition) is 0. The Hall–Kier alpha value is -1.53. The molecule has 110 valence electrons. The SMILES string of the molecule is CS(=O)(=O)c1cccc(C(=O)Cc2ccc(F)c(Br)c2)c1. The van der Waals surface area contributed by atoms with Gasteiger partial charge in [0.05, 0.1) is 9.37 Å². The van der Waals surface area contributed by atoms with Crippen molar-refractivity contribution in [2.45, 2.75) is 11.3 Å². The van der Waals surface area contributed by atoms with Gasteiger partial charge in [0.15, 0.2) is 15.6 Å². The monoisotopic (exact) mass is 370 g/mol. The summed E-state index contributed by atoms with van der Waals surface area (Å²) in [7, 11) is -3.35. The van der Waals surface area contributed by atoms with E-state index >= 15 is 0 Å². The number of Topliss-reactive ketones (excluding diaryl/α,β-unsaturated/α-hetero) is 1. The Morgan fingerprint density at radius 1 is 1.19 bits per heavy atom. The van der Waals surface area contributed by atoms with Gasteiger partial charge in [-0.3, -0.25) is 4.79 Å². The van der Waals surface area contributed by atoms with E-state index in [1.54, 1.807) is 6.07 Å². The summed E-state index contributed by atoms with van der Waals surface area (Å²) in [5.74, 6) is -0.621. The Morgan fingerprint density at radius 2 is 1.90 bits per heavy atom. The summed E-state index contributed by atoms with van der Waals surface area (Å²) in [6.45, 7) is 0. The van der Waals surface area contributed by atoms with E-state index in [2.05, 4.69) is 15.9 Å². The highest BCUT2D eigenvalue weighted by atomic mass is 79.9. The normalized spacial score (nSPS) is 11.4. The van der Waals surface area contributed by atoms with E-state index < -0.39 is 15.7 Å². The second-order valence-corrected chi connectivity index (χ2v) is 7.52. The van der Waals surface area contributed by atoms with Crippen LogP contribution in [0.4, 0.5) is 4.39 Å². The first-order valence-electron chi connectivity index (χ1n) is 6.04. The van der Waals surface area contributed by atoms with E-state index in [1.807, 2.05) is 0 Å². The molecule has 0 aliphatic heterocycles. The number of benzene rings is 2. The van der Waals surface area contributed by atoms with Gasteiger partial charge < -0.3 is 0 Å². The van der Waals surface area contributed by atoms with E-state index in [0.717, 1.165) is 6.26 Å². The van der Waals surface area contributed by atoms with Crippen LogP contribution in [0.25, 0.3) is 0 Å². The number of halogens is 2. The first-order chi connectivity index (χ1) is 9.77. The lowest BCUT2D eigenvalue weighted by Gasteiger charge is -2.05. The number of carbonyl (C=O) groups excluding carboxylic acids is 1. The van der Waals surface area contributed by atoms with Crippen LogP contribution in [0.3, 0.4) is 0 Å². The van der Waals surface area contributed by atoms with Gasteiger partial charge >= 0.3 is 0 Å². The van der Waals surface area contributed by atoms with Crippen molar-refractivity contribution in [3.05, 3.63) is 63.9 Å². The van der Waals surface area contributed by atoms with Gasteiger partial charge in [-0.15, -0.1) is 0 Å². The Morgan fingerprint density at radius 3 is 2.52 bits per heavy atom. The molecule has 0 saturated carbocycles. The third-order valence-corrected chi connectivity index (χ3v) is 4.65. The number of ketones is 1. The molecule has 0 aliphatic carbocycles. The summed E-state index contributed by atoms with van der Waals surface area (Å²) < 4.78 is 36.4. The van der Waals surface area contributed by atoms with Gasteiger partial charge in [-0.05, 0) is 45.8 Å². The Balaban J connectivity index is 2.26. The first kappa shape index (κ1) is 15.9. The summed E-state index contributed by atoms with van der Waals surface area (Å²) in [6.07, 6.45) is 1.17. The molecule has 0 atom stereocenters. The zero-order valence-corrected chi connectivity index (χ0v) is 13.5. The fraction of sp³-hybridized carbons (Fsp3) is 0.133. The Kier molecular flexibility index (Phi) is 4.58. The van der Waals surface area contributed by atoms with Gasteiger partial charge in [0, 0.05) is 18.2 Å². The Labute approximate surface area is 130 Å². The summed E-state index contributed by atoms with van der Waals surface area (Å²) in [5, 5.41) is 0. The van der Waals surface area contributed by atoms with Crippen molar-refractivity contribution in [3.63, 3.8) is 0 Å². The molecule has 0 aliphatic rings. The predicted molar refractivity (Wildman–Crippen MR) is 81.7 cm³/mol. The second-order valence-electron chi connectivity index (χ2n) is 4.65. The third-order valence-electron chi connectivity index (χ3n) is 2.93. The van der Waals surface area contributed by atoms with Gasteiger partial charge in [-0.25, -0.2) is 12.8 Å². The van der Waals surface area contributed by atoms with Crippen molar-refractivity contribution in [1.82, 2.24) is 0 Å². The van der Waals surface area contributed by atoms with Gasteiger partial charge in [0.25, 0.3) is 0 Å². The molecule has 0 bridgehead atoms. The van der Waals surface area contributed by atoms with Crippen molar-refractivity contribution in [2.75, 3.05) is 6.26 Å². The highest BCUT2D eigenvalue weighted by molar-refractivity contribution is 9.10. The van der Waals surface area contributed by atoms with Crippen LogP contribution in [0.5, 0.6) is 0 Å². The average molecular weight is 371 g/mol. The zero-order valence-electron chi connectivity index (χ0n) is 11.1. The number of rotatable bonds is 4. The average Bonchev–Trinajstić information content (AvgIpc) is 2.42. The number of hydrogen-bond acceptors (Lipinski definition) is 3. The highest BCUT2D eigenvalue weighted by Crippen LogP contribution is 2.19. The molecule has 0 unspecified atom stereocenters. The third kappa shape index (κ3) is 3.98. The predicted octanol–water partition coefficient (Wildman–Crippen LogP) is 3.42. The summed E-state index contributed by atoms with van der Waals surface area (Å²) in [5.41, 5.74) is 0.969. The fourth-order valence-electron chi connectivity index (χ4n) is 1.84. The Bertz CT molecular complexity index is 800. The summed E-state index contributed by atoms with van der Waals surface area (Å²) >= 11 is 3.06. The van der Waals surface area contributed by atoms with Crippen molar-refractivity contribution in [2.24, 2.45) is 0 Å². The van der Waals surface area contributed by atoms with Crippen molar-refractivity contribution < 1.29 is 17.6 Å². The van der Waals surface area contributed by atoms with Crippen LogP contribution in [0, 0.1) is 5.82 Å². The molecule has 2 aromatic carbocycles. The molecule has 0 amide bonds. The van der Waals surface area contributed by atoms with Gasteiger partial charge in [-0.1, -0.05) is 18.2 Å². The van der Waals surface area contributed by atoms with Crippen molar-refractivity contribution in [3.8, 4) is 0 Å². The first-order valence-corrected chi connectivity index (χ1v) is 8.73. The van der Waals surface area contributed by atoms with Crippen LogP contribution in [0.2, 0.25) is 0 Å². The van der Waals surface area contributed by atoms with Crippen molar-refractivity contribution >= 4 is 31.6 Å². The molecule has 0 radical (unpaired) electrons. The second kappa shape index (κ2) is 6.07. The maximum atomic E-state index is 13.1. The highest BCUT2D eigenvalue weighted by Gasteiger charge is 2.12. The fourth-order valence-corrected chi connectivity index (χ4v) is 2.93. The van der Waals surface area contributed by atoms with Gasteiger partial charge in [0.1, 0.15) is 5.82 Å². The minimum absolute atomic E-state index is 0.0755. The van der Waals surface area contributed by atoms with E-state index in [9.17, 15) is 17.6 Å². The standard InChI is InChI=1S/C15H12BrFO3S/c1-21(19,20)12-4-2-3-11(9-12)15(18)8-10-5-6-14(17)13(16)7-10/h2-7,9H,8H2,1H3. The van der Waals surface area contributed by atoms with E-state index in [4.69, 9.17) is 0 Å². The molecule has 0 aromatic heterocycles. The van der Waals surface area contributed by atoms with Crippen LogP contribution in [0.15, 0.2) is 51.8 Å². The minimum atomic E-state index is -3.35. The van der Waals surface area contributed by atoms with E-state index in [-0.39, 0.29) is 21.6 Å². The van der Waals surface area contributed by atoms with Crippen molar-refractivity contribution in [1.29, 1.82) is 0 Å². The molecular weight excluding hydrogens is 359 g/mol.